The van der Waals surface area contributed by atoms with Crippen LogP contribution in [0.3, 0.4) is 0 Å². The van der Waals surface area contributed by atoms with E-state index in [9.17, 15) is 4.79 Å². The highest BCUT2D eigenvalue weighted by Gasteiger charge is 2.12. The maximum absolute atomic E-state index is 12.6. The molecule has 6 heteroatoms. The highest BCUT2D eigenvalue weighted by molar-refractivity contribution is 6.03. The fraction of sp³-hybridized carbons (Fsp3) is 0.227. The second-order valence-electron chi connectivity index (χ2n) is 7.01. The molecule has 0 unspecified atom stereocenters. The molecule has 3 aromatic rings. The fourth-order valence-corrected chi connectivity index (χ4v) is 2.75. The van der Waals surface area contributed by atoms with Crippen molar-refractivity contribution in [2.75, 3.05) is 29.6 Å². The smallest absolute Gasteiger partial charge is 0.274 e. The number of carbonyl (C=O) groups excluding carboxylic acids is 1. The van der Waals surface area contributed by atoms with Crippen molar-refractivity contribution in [2.45, 2.75) is 20.8 Å². The monoisotopic (exact) mass is 375 g/mol. The van der Waals surface area contributed by atoms with Gasteiger partial charge < -0.3 is 15.5 Å². The molecule has 0 aliphatic carbocycles. The summed E-state index contributed by atoms with van der Waals surface area (Å²) < 4.78 is 0. The van der Waals surface area contributed by atoms with E-state index < -0.39 is 0 Å². The highest BCUT2D eigenvalue weighted by Crippen LogP contribution is 2.20. The molecule has 2 aromatic carbocycles. The van der Waals surface area contributed by atoms with Crippen LogP contribution in [0, 0.1) is 20.8 Å². The number of aryl methyl sites for hydroxylation is 3. The summed E-state index contributed by atoms with van der Waals surface area (Å²) in [4.78, 5) is 23.3. The summed E-state index contributed by atoms with van der Waals surface area (Å²) in [5.74, 6) is 0.844. The van der Waals surface area contributed by atoms with Crippen LogP contribution in [-0.4, -0.2) is 30.0 Å². The third-order valence-corrected chi connectivity index (χ3v) is 4.49. The van der Waals surface area contributed by atoms with Gasteiger partial charge in [-0.2, -0.15) is 0 Å². The van der Waals surface area contributed by atoms with Crippen LogP contribution < -0.4 is 15.5 Å². The van der Waals surface area contributed by atoms with Crippen LogP contribution in [0.1, 0.15) is 27.4 Å². The molecule has 144 valence electrons. The fourth-order valence-electron chi connectivity index (χ4n) is 2.75. The van der Waals surface area contributed by atoms with E-state index in [-0.39, 0.29) is 5.91 Å². The number of aromatic nitrogens is 2. The second-order valence-corrected chi connectivity index (χ2v) is 7.01. The number of nitrogens with zero attached hydrogens (tertiary/aromatic N) is 3. The molecule has 0 saturated carbocycles. The molecular weight excluding hydrogens is 350 g/mol. The predicted octanol–water partition coefficient (Wildman–Crippen LogP) is 4.46. The lowest BCUT2D eigenvalue weighted by atomic mass is 10.1. The zero-order valence-corrected chi connectivity index (χ0v) is 16.9. The average molecular weight is 375 g/mol. The molecule has 3 rings (SSSR count). The Bertz CT molecular complexity index is 996. The molecule has 0 atom stereocenters. The summed E-state index contributed by atoms with van der Waals surface area (Å²) in [6.45, 7) is 5.90. The Kier molecular flexibility index (Phi) is 5.59. The van der Waals surface area contributed by atoms with E-state index in [1.807, 2.05) is 49.3 Å². The number of rotatable bonds is 5. The van der Waals surface area contributed by atoms with Crippen LogP contribution in [0.4, 0.5) is 22.9 Å². The van der Waals surface area contributed by atoms with Crippen LogP contribution >= 0.6 is 0 Å². The lowest BCUT2D eigenvalue weighted by Gasteiger charge is -2.13. The number of hydrogen-bond acceptors (Lipinski definition) is 5. The maximum atomic E-state index is 12.6. The third kappa shape index (κ3) is 4.65. The van der Waals surface area contributed by atoms with Crippen molar-refractivity contribution >= 4 is 28.8 Å². The van der Waals surface area contributed by atoms with Gasteiger partial charge in [0.1, 0.15) is 17.3 Å². The minimum Gasteiger partial charge on any atom is -0.378 e. The molecule has 0 bridgehead atoms. The number of amides is 1. The number of anilines is 4. The van der Waals surface area contributed by atoms with Gasteiger partial charge in [0.2, 0.25) is 0 Å². The molecule has 1 amide bonds. The maximum Gasteiger partial charge on any atom is 0.274 e. The molecule has 28 heavy (non-hydrogen) atoms. The topological polar surface area (TPSA) is 70.2 Å². The Morgan fingerprint density at radius 3 is 2.18 bits per heavy atom. The lowest BCUT2D eigenvalue weighted by Crippen LogP contribution is -2.15. The van der Waals surface area contributed by atoms with Crippen molar-refractivity contribution in [1.29, 1.82) is 0 Å². The van der Waals surface area contributed by atoms with Gasteiger partial charge >= 0.3 is 0 Å². The van der Waals surface area contributed by atoms with E-state index in [0.717, 1.165) is 17.1 Å². The summed E-state index contributed by atoms with van der Waals surface area (Å²) in [6, 6.07) is 15.4. The van der Waals surface area contributed by atoms with Gasteiger partial charge in [-0.15, -0.1) is 0 Å². The van der Waals surface area contributed by atoms with Gasteiger partial charge in [-0.25, -0.2) is 9.97 Å². The summed E-state index contributed by atoms with van der Waals surface area (Å²) in [7, 11) is 3.95. The van der Waals surface area contributed by atoms with Gasteiger partial charge in [0.25, 0.3) is 5.91 Å². The van der Waals surface area contributed by atoms with Crippen LogP contribution in [0.15, 0.2) is 48.5 Å². The third-order valence-electron chi connectivity index (χ3n) is 4.49. The quantitative estimate of drug-likeness (QED) is 0.689. The minimum absolute atomic E-state index is 0.272. The number of hydrogen-bond donors (Lipinski definition) is 2. The Morgan fingerprint density at radius 1 is 0.857 bits per heavy atom. The molecule has 2 N–H and O–H groups in total. The van der Waals surface area contributed by atoms with E-state index >= 15 is 0 Å². The van der Waals surface area contributed by atoms with Gasteiger partial charge in [0.05, 0.1) is 0 Å². The van der Waals surface area contributed by atoms with Crippen molar-refractivity contribution in [3.05, 3.63) is 71.2 Å². The van der Waals surface area contributed by atoms with Crippen molar-refractivity contribution in [3.63, 3.8) is 0 Å². The zero-order chi connectivity index (χ0) is 20.3. The van der Waals surface area contributed by atoms with Gasteiger partial charge in [0, 0.05) is 37.2 Å². The van der Waals surface area contributed by atoms with Crippen LogP contribution in [-0.2, 0) is 0 Å². The largest absolute Gasteiger partial charge is 0.378 e. The van der Waals surface area contributed by atoms with E-state index in [4.69, 9.17) is 0 Å². The van der Waals surface area contributed by atoms with Crippen molar-refractivity contribution in [2.24, 2.45) is 0 Å². The van der Waals surface area contributed by atoms with Gasteiger partial charge in [-0.1, -0.05) is 6.07 Å². The normalized spacial score (nSPS) is 10.5. The first kappa shape index (κ1) is 19.4. The molecule has 0 aliphatic rings. The first-order valence-electron chi connectivity index (χ1n) is 9.10. The molecule has 0 radical (unpaired) electrons. The lowest BCUT2D eigenvalue weighted by molar-refractivity contribution is 0.102. The van der Waals surface area contributed by atoms with Crippen molar-refractivity contribution < 1.29 is 4.79 Å². The van der Waals surface area contributed by atoms with Gasteiger partial charge in [-0.05, 0) is 68.3 Å². The van der Waals surface area contributed by atoms with Crippen LogP contribution in [0.25, 0.3) is 0 Å². The zero-order valence-electron chi connectivity index (χ0n) is 16.9. The first-order chi connectivity index (χ1) is 13.3. The van der Waals surface area contributed by atoms with E-state index in [1.54, 1.807) is 13.0 Å². The first-order valence-corrected chi connectivity index (χ1v) is 9.10. The average Bonchev–Trinajstić information content (AvgIpc) is 2.64. The summed E-state index contributed by atoms with van der Waals surface area (Å²) in [5, 5.41) is 6.14. The molecule has 0 saturated heterocycles. The van der Waals surface area contributed by atoms with Crippen molar-refractivity contribution in [3.8, 4) is 0 Å². The molecule has 0 spiro atoms. The van der Waals surface area contributed by atoms with Crippen molar-refractivity contribution in [1.82, 2.24) is 9.97 Å². The summed E-state index contributed by atoms with van der Waals surface area (Å²) >= 11 is 0. The number of nitrogens with one attached hydrogen (secondary N) is 2. The Labute approximate surface area is 165 Å². The Hall–Kier alpha value is -3.41. The van der Waals surface area contributed by atoms with Crippen LogP contribution in [0.2, 0.25) is 0 Å². The standard InChI is InChI=1S/C22H25N5O/c1-14-6-7-18(12-15(14)2)25-21-13-20(23-16(3)24-21)22(28)26-17-8-10-19(11-9-17)27(4)5/h6-13H,1-5H3,(H,26,28)(H,23,24,25). The summed E-state index contributed by atoms with van der Waals surface area (Å²) in [6.07, 6.45) is 0. The molecule has 0 fully saturated rings. The predicted molar refractivity (Wildman–Crippen MR) is 115 cm³/mol. The Morgan fingerprint density at radius 2 is 1.54 bits per heavy atom. The number of benzene rings is 2. The van der Waals surface area contributed by atoms with E-state index in [0.29, 0.717) is 17.3 Å². The second kappa shape index (κ2) is 8.08. The molecule has 0 aliphatic heterocycles. The molecule has 6 nitrogen and oxygen atoms in total. The minimum atomic E-state index is -0.272. The van der Waals surface area contributed by atoms with E-state index in [2.05, 4.69) is 46.6 Å². The van der Waals surface area contributed by atoms with Crippen LogP contribution in [0.5, 0.6) is 0 Å². The summed E-state index contributed by atoms with van der Waals surface area (Å²) in [5.41, 5.74) is 5.44. The van der Waals surface area contributed by atoms with Gasteiger partial charge in [0.15, 0.2) is 0 Å². The highest BCUT2D eigenvalue weighted by atomic mass is 16.1. The van der Waals surface area contributed by atoms with Gasteiger partial charge in [-0.3, -0.25) is 4.79 Å². The Balaban J connectivity index is 1.78. The SMILES string of the molecule is Cc1nc(Nc2ccc(C)c(C)c2)cc(C(=O)Nc2ccc(N(C)C)cc2)n1. The number of carbonyl (C=O) groups is 1. The molecule has 1 aromatic heterocycles. The van der Waals surface area contributed by atoms with E-state index in [1.165, 1.54) is 11.1 Å². The molecule has 1 heterocycles. The molecular formula is C22H25N5O.